The van der Waals surface area contributed by atoms with Gasteiger partial charge in [0.25, 0.3) is 0 Å². The van der Waals surface area contributed by atoms with Crippen LogP contribution in [0.15, 0.2) is 36.5 Å². The first-order valence-electron chi connectivity index (χ1n) is 28.7. The van der Waals surface area contributed by atoms with Crippen molar-refractivity contribution in [1.29, 1.82) is 0 Å². The van der Waals surface area contributed by atoms with Crippen molar-refractivity contribution in [3.63, 3.8) is 0 Å². The Morgan fingerprint density at radius 2 is 0.769 bits per heavy atom. The number of esters is 1. The van der Waals surface area contributed by atoms with E-state index in [0.29, 0.717) is 25.9 Å². The number of ether oxygens (including phenoxy) is 1. The molecule has 382 valence electrons. The van der Waals surface area contributed by atoms with Crippen LogP contribution in [0, 0.1) is 0 Å². The Balaban J connectivity index is 3.50. The molecule has 6 heteroatoms. The van der Waals surface area contributed by atoms with E-state index in [1.807, 2.05) is 0 Å². The second-order valence-corrected chi connectivity index (χ2v) is 19.6. The number of rotatable bonds is 53. The van der Waals surface area contributed by atoms with E-state index >= 15 is 0 Å². The zero-order valence-corrected chi connectivity index (χ0v) is 43.5. The summed E-state index contributed by atoms with van der Waals surface area (Å²) < 4.78 is 5.45. The van der Waals surface area contributed by atoms with E-state index in [1.165, 1.54) is 186 Å². The lowest BCUT2D eigenvalue weighted by Crippen LogP contribution is -2.45. The molecule has 0 spiro atoms. The average molecular weight is 915 g/mol. The molecule has 0 heterocycles. The van der Waals surface area contributed by atoms with Gasteiger partial charge in [-0.25, -0.2) is 0 Å². The van der Waals surface area contributed by atoms with Crippen molar-refractivity contribution in [2.45, 2.75) is 315 Å². The van der Waals surface area contributed by atoms with Crippen LogP contribution in [-0.4, -0.2) is 47.4 Å². The summed E-state index contributed by atoms with van der Waals surface area (Å²) in [6.45, 7) is 4.91. The molecule has 0 rings (SSSR count). The van der Waals surface area contributed by atoms with Gasteiger partial charge in [-0.1, -0.05) is 237 Å². The Labute approximate surface area is 404 Å². The molecule has 2 atom stereocenters. The summed E-state index contributed by atoms with van der Waals surface area (Å²) in [6.07, 6.45) is 67.0. The molecule has 0 aliphatic heterocycles. The molecular weight excluding hydrogens is 803 g/mol. The maximum atomic E-state index is 12.5. The number of hydrogen-bond donors (Lipinski definition) is 3. The van der Waals surface area contributed by atoms with Crippen molar-refractivity contribution in [3.8, 4) is 0 Å². The molecule has 0 radical (unpaired) electrons. The molecule has 1 amide bonds. The van der Waals surface area contributed by atoms with Gasteiger partial charge in [0.05, 0.1) is 25.4 Å². The highest BCUT2D eigenvalue weighted by Crippen LogP contribution is 2.16. The van der Waals surface area contributed by atoms with Gasteiger partial charge in [0, 0.05) is 12.8 Å². The Hall–Kier alpha value is -1.92. The molecule has 0 fully saturated rings. The van der Waals surface area contributed by atoms with Crippen molar-refractivity contribution in [2.75, 3.05) is 13.2 Å². The van der Waals surface area contributed by atoms with E-state index in [0.717, 1.165) is 83.5 Å². The van der Waals surface area contributed by atoms with Gasteiger partial charge in [-0.3, -0.25) is 9.59 Å². The van der Waals surface area contributed by atoms with Crippen molar-refractivity contribution >= 4 is 11.9 Å². The minimum Gasteiger partial charge on any atom is -0.466 e. The van der Waals surface area contributed by atoms with Crippen LogP contribution >= 0.6 is 0 Å². The highest BCUT2D eigenvalue weighted by atomic mass is 16.5. The number of carbonyl (C=O) groups excluding carboxylic acids is 2. The molecule has 0 aromatic carbocycles. The summed E-state index contributed by atoms with van der Waals surface area (Å²) in [6, 6.07) is -0.554. The lowest BCUT2D eigenvalue weighted by molar-refractivity contribution is -0.143. The number of hydrogen-bond acceptors (Lipinski definition) is 5. The SMILES string of the molecule is CCCCCCCC/C=C\CCCCCCCC(=O)OCCCCC/C=C\C/C=C\CCCCCCCCCC(=O)NC(CO)C(O)CCCCCCCCCCCCCCCCCC. The van der Waals surface area contributed by atoms with Gasteiger partial charge < -0.3 is 20.3 Å². The molecule has 0 saturated heterocycles. The van der Waals surface area contributed by atoms with Gasteiger partial charge in [0.2, 0.25) is 5.91 Å². The lowest BCUT2D eigenvalue weighted by atomic mass is 10.0. The molecule has 6 nitrogen and oxygen atoms in total. The topological polar surface area (TPSA) is 95.9 Å². The van der Waals surface area contributed by atoms with Crippen LogP contribution in [-0.2, 0) is 14.3 Å². The molecule has 2 unspecified atom stereocenters. The number of unbranched alkanes of at least 4 members (excludes halogenated alkanes) is 36. The van der Waals surface area contributed by atoms with Crippen LogP contribution in [0.4, 0.5) is 0 Å². The molecule has 0 saturated carbocycles. The summed E-state index contributed by atoms with van der Waals surface area (Å²) >= 11 is 0. The zero-order valence-electron chi connectivity index (χ0n) is 43.5. The highest BCUT2D eigenvalue weighted by molar-refractivity contribution is 5.76. The number of carbonyl (C=O) groups is 2. The van der Waals surface area contributed by atoms with Crippen molar-refractivity contribution in [2.24, 2.45) is 0 Å². The number of aliphatic hydroxyl groups is 2. The lowest BCUT2D eigenvalue weighted by Gasteiger charge is -2.22. The van der Waals surface area contributed by atoms with Gasteiger partial charge in [0.1, 0.15) is 0 Å². The van der Waals surface area contributed by atoms with Crippen LogP contribution in [0.25, 0.3) is 0 Å². The van der Waals surface area contributed by atoms with Gasteiger partial charge in [0.15, 0.2) is 0 Å². The molecule has 0 aromatic rings. The fraction of sp³-hybridized carbons (Fsp3) is 0.864. The smallest absolute Gasteiger partial charge is 0.305 e. The molecule has 0 aromatic heterocycles. The molecule has 0 bridgehead atoms. The van der Waals surface area contributed by atoms with Crippen LogP contribution < -0.4 is 5.32 Å². The van der Waals surface area contributed by atoms with Crippen LogP contribution in [0.1, 0.15) is 303 Å². The Morgan fingerprint density at radius 3 is 1.18 bits per heavy atom. The molecular formula is C59H111NO5. The summed E-state index contributed by atoms with van der Waals surface area (Å²) in [5, 5.41) is 23.3. The first kappa shape index (κ1) is 63.1. The van der Waals surface area contributed by atoms with Crippen LogP contribution in [0.3, 0.4) is 0 Å². The Kier molecular flexibility index (Phi) is 53.1. The van der Waals surface area contributed by atoms with E-state index in [9.17, 15) is 19.8 Å². The van der Waals surface area contributed by atoms with Gasteiger partial charge in [-0.05, 0) is 89.9 Å². The summed E-state index contributed by atoms with van der Waals surface area (Å²) in [5.74, 6) is -0.0738. The fourth-order valence-corrected chi connectivity index (χ4v) is 8.72. The molecule has 3 N–H and O–H groups in total. The van der Waals surface area contributed by atoms with E-state index in [-0.39, 0.29) is 18.5 Å². The maximum Gasteiger partial charge on any atom is 0.305 e. The van der Waals surface area contributed by atoms with E-state index in [2.05, 4.69) is 55.6 Å². The third-order valence-corrected chi connectivity index (χ3v) is 13.2. The first-order valence-corrected chi connectivity index (χ1v) is 28.7. The van der Waals surface area contributed by atoms with Gasteiger partial charge in [-0.15, -0.1) is 0 Å². The van der Waals surface area contributed by atoms with Gasteiger partial charge in [-0.2, -0.15) is 0 Å². The molecule has 0 aliphatic carbocycles. The third kappa shape index (κ3) is 51.3. The zero-order chi connectivity index (χ0) is 47.2. The summed E-state index contributed by atoms with van der Waals surface area (Å²) in [7, 11) is 0. The van der Waals surface area contributed by atoms with E-state index < -0.39 is 12.1 Å². The summed E-state index contributed by atoms with van der Waals surface area (Å²) in [4.78, 5) is 24.5. The second-order valence-electron chi connectivity index (χ2n) is 19.6. The first-order chi connectivity index (χ1) is 32.0. The summed E-state index contributed by atoms with van der Waals surface area (Å²) in [5.41, 5.74) is 0. The minimum atomic E-state index is -0.675. The number of allylic oxidation sites excluding steroid dienone is 6. The van der Waals surface area contributed by atoms with Crippen LogP contribution in [0.5, 0.6) is 0 Å². The van der Waals surface area contributed by atoms with E-state index in [1.54, 1.807) is 0 Å². The standard InChI is InChI=1S/C59H111NO5/c1-3-5-7-9-11-13-15-17-19-24-27-31-35-39-43-47-51-57(62)56(55-61)60-58(63)52-48-44-40-36-32-28-25-21-20-22-26-30-34-38-42-46-50-54-65-59(64)53-49-45-41-37-33-29-23-18-16-14-12-10-8-6-4-2/h18,20,22-23,30,34,56-57,61-62H,3-17,19,21,24-29,31-33,35-55H2,1-2H3,(H,60,63)/b22-20-,23-18-,34-30-. The number of nitrogens with one attached hydrogen (secondary N) is 1. The quantitative estimate of drug-likeness (QED) is 0.0321. The maximum absolute atomic E-state index is 12.5. The number of amides is 1. The predicted molar refractivity (Wildman–Crippen MR) is 283 cm³/mol. The Bertz CT molecular complexity index is 1060. The second kappa shape index (κ2) is 54.7. The van der Waals surface area contributed by atoms with Crippen LogP contribution in [0.2, 0.25) is 0 Å². The molecule has 65 heavy (non-hydrogen) atoms. The average Bonchev–Trinajstić information content (AvgIpc) is 3.31. The monoisotopic (exact) mass is 914 g/mol. The van der Waals surface area contributed by atoms with Gasteiger partial charge >= 0.3 is 5.97 Å². The van der Waals surface area contributed by atoms with Crippen molar-refractivity contribution in [3.05, 3.63) is 36.5 Å². The highest BCUT2D eigenvalue weighted by Gasteiger charge is 2.20. The van der Waals surface area contributed by atoms with Crippen molar-refractivity contribution < 1.29 is 24.5 Å². The Morgan fingerprint density at radius 1 is 0.431 bits per heavy atom. The number of aliphatic hydroxyl groups excluding tert-OH is 2. The normalized spacial score (nSPS) is 12.9. The van der Waals surface area contributed by atoms with E-state index in [4.69, 9.17) is 4.74 Å². The predicted octanol–water partition coefficient (Wildman–Crippen LogP) is 17.6. The fourth-order valence-electron chi connectivity index (χ4n) is 8.72. The third-order valence-electron chi connectivity index (χ3n) is 13.2. The molecule has 0 aliphatic rings. The van der Waals surface area contributed by atoms with Crippen molar-refractivity contribution in [1.82, 2.24) is 5.32 Å². The largest absolute Gasteiger partial charge is 0.466 e. The minimum absolute atomic E-state index is 0.0234.